The minimum absolute atomic E-state index is 0.552. The van der Waals surface area contributed by atoms with Gasteiger partial charge in [0.05, 0.1) is 17.1 Å². The molecule has 4 rings (SSSR count). The molecule has 0 fully saturated rings. The Kier molecular flexibility index (Phi) is 3.75. The van der Waals surface area contributed by atoms with E-state index in [4.69, 9.17) is 0 Å². The van der Waals surface area contributed by atoms with Crippen LogP contribution in [0.1, 0.15) is 28.9 Å². The average molecular weight is 335 g/mol. The van der Waals surface area contributed by atoms with Crippen LogP contribution in [0.25, 0.3) is 5.69 Å². The SMILES string of the molecule is CSc1ccc2c(c1)C(c1ccccc1)=NC(O)c1nc(C)cn1-2. The van der Waals surface area contributed by atoms with E-state index in [1.54, 1.807) is 11.8 Å². The fourth-order valence-corrected chi connectivity index (χ4v) is 3.45. The Morgan fingerprint density at radius 1 is 1.12 bits per heavy atom. The Hall–Kier alpha value is -2.37. The highest BCUT2D eigenvalue weighted by atomic mass is 32.2. The molecule has 0 aliphatic carbocycles. The third-order valence-corrected chi connectivity index (χ3v) is 4.83. The normalized spacial score (nSPS) is 16.1. The molecule has 1 atom stereocenters. The van der Waals surface area contributed by atoms with Gasteiger partial charge >= 0.3 is 0 Å². The Labute approximate surface area is 144 Å². The van der Waals surface area contributed by atoms with E-state index >= 15 is 0 Å². The molecule has 3 aromatic rings. The molecule has 4 nitrogen and oxygen atoms in total. The zero-order chi connectivity index (χ0) is 16.7. The van der Waals surface area contributed by atoms with E-state index < -0.39 is 6.23 Å². The van der Waals surface area contributed by atoms with E-state index in [0.29, 0.717) is 5.82 Å². The van der Waals surface area contributed by atoms with Crippen molar-refractivity contribution >= 4 is 17.5 Å². The molecule has 0 spiro atoms. The van der Waals surface area contributed by atoms with Crippen LogP contribution in [-0.4, -0.2) is 26.6 Å². The zero-order valence-electron chi connectivity index (χ0n) is 13.5. The monoisotopic (exact) mass is 335 g/mol. The van der Waals surface area contributed by atoms with Gasteiger partial charge in [-0.05, 0) is 31.4 Å². The molecule has 5 heteroatoms. The van der Waals surface area contributed by atoms with Crippen molar-refractivity contribution < 1.29 is 5.11 Å². The topological polar surface area (TPSA) is 50.4 Å². The van der Waals surface area contributed by atoms with Crippen LogP contribution in [0.2, 0.25) is 0 Å². The van der Waals surface area contributed by atoms with Gasteiger partial charge in [0.2, 0.25) is 6.23 Å². The van der Waals surface area contributed by atoms with Crippen molar-refractivity contribution in [3.8, 4) is 5.69 Å². The van der Waals surface area contributed by atoms with Crippen LogP contribution in [0, 0.1) is 6.92 Å². The molecule has 2 heterocycles. The number of aromatic nitrogens is 2. The van der Waals surface area contributed by atoms with Crippen molar-refractivity contribution in [3.05, 3.63) is 77.4 Å². The summed E-state index contributed by atoms with van der Waals surface area (Å²) in [5.41, 5.74) is 4.63. The van der Waals surface area contributed by atoms with Crippen molar-refractivity contribution in [1.29, 1.82) is 0 Å². The van der Waals surface area contributed by atoms with Crippen molar-refractivity contribution in [3.63, 3.8) is 0 Å². The van der Waals surface area contributed by atoms with E-state index in [-0.39, 0.29) is 0 Å². The fourth-order valence-electron chi connectivity index (χ4n) is 3.01. The van der Waals surface area contributed by atoms with Crippen molar-refractivity contribution in [1.82, 2.24) is 9.55 Å². The summed E-state index contributed by atoms with van der Waals surface area (Å²) in [4.78, 5) is 10.2. The quantitative estimate of drug-likeness (QED) is 0.726. The van der Waals surface area contributed by atoms with E-state index in [0.717, 1.165) is 33.1 Å². The number of hydrogen-bond acceptors (Lipinski definition) is 4. The van der Waals surface area contributed by atoms with Gasteiger partial charge in [-0.25, -0.2) is 9.98 Å². The van der Waals surface area contributed by atoms with Crippen molar-refractivity contribution in [2.24, 2.45) is 4.99 Å². The van der Waals surface area contributed by atoms with Crippen LogP contribution >= 0.6 is 11.8 Å². The summed E-state index contributed by atoms with van der Waals surface area (Å²) in [5.74, 6) is 0.552. The number of rotatable bonds is 2. The first-order chi connectivity index (χ1) is 11.7. The first-order valence-electron chi connectivity index (χ1n) is 7.73. The van der Waals surface area contributed by atoms with Gasteiger partial charge in [0.1, 0.15) is 0 Å². The molecule has 1 unspecified atom stereocenters. The van der Waals surface area contributed by atoms with Crippen LogP contribution in [0.15, 0.2) is 64.6 Å². The molecule has 0 radical (unpaired) electrons. The summed E-state index contributed by atoms with van der Waals surface area (Å²) in [5, 5.41) is 10.6. The lowest BCUT2D eigenvalue weighted by Crippen LogP contribution is -2.07. The van der Waals surface area contributed by atoms with E-state index in [2.05, 4.69) is 34.4 Å². The Balaban J connectivity index is 2.02. The Morgan fingerprint density at radius 3 is 2.67 bits per heavy atom. The Bertz CT molecular complexity index is 931. The van der Waals surface area contributed by atoms with Crippen LogP contribution in [0.4, 0.5) is 0 Å². The third-order valence-electron chi connectivity index (χ3n) is 4.10. The largest absolute Gasteiger partial charge is 0.365 e. The minimum atomic E-state index is -0.987. The summed E-state index contributed by atoms with van der Waals surface area (Å²) in [6.45, 7) is 1.92. The second-order valence-electron chi connectivity index (χ2n) is 5.71. The lowest BCUT2D eigenvalue weighted by molar-refractivity contribution is 0.177. The predicted octanol–water partition coefficient (Wildman–Crippen LogP) is 3.74. The predicted molar refractivity (Wildman–Crippen MR) is 97.1 cm³/mol. The molecule has 0 amide bonds. The maximum absolute atomic E-state index is 10.6. The average Bonchev–Trinajstić information content (AvgIpc) is 2.97. The molecule has 120 valence electrons. The Morgan fingerprint density at radius 2 is 1.92 bits per heavy atom. The van der Waals surface area contributed by atoms with Crippen LogP contribution in [0.3, 0.4) is 0 Å². The number of hydrogen-bond donors (Lipinski definition) is 1. The van der Waals surface area contributed by atoms with Gasteiger partial charge in [0.25, 0.3) is 0 Å². The van der Waals surface area contributed by atoms with Gasteiger partial charge in [-0.1, -0.05) is 30.3 Å². The van der Waals surface area contributed by atoms with Crippen LogP contribution in [-0.2, 0) is 0 Å². The molecule has 2 aromatic carbocycles. The van der Waals surface area contributed by atoms with Gasteiger partial charge in [-0.15, -0.1) is 11.8 Å². The van der Waals surface area contributed by atoms with E-state index in [1.807, 2.05) is 48.0 Å². The third kappa shape index (κ3) is 2.46. The lowest BCUT2D eigenvalue weighted by atomic mass is 10.0. The molecule has 0 bridgehead atoms. The van der Waals surface area contributed by atoms with Crippen LogP contribution in [0.5, 0.6) is 0 Å². The number of nitrogens with zero attached hydrogens (tertiary/aromatic N) is 3. The molecule has 1 N–H and O–H groups in total. The van der Waals surface area contributed by atoms with Crippen molar-refractivity contribution in [2.75, 3.05) is 6.26 Å². The highest BCUT2D eigenvalue weighted by Gasteiger charge is 2.25. The highest BCUT2D eigenvalue weighted by Crippen LogP contribution is 2.31. The fraction of sp³-hybridized carbons (Fsp3) is 0.158. The summed E-state index contributed by atoms with van der Waals surface area (Å²) >= 11 is 1.69. The van der Waals surface area contributed by atoms with E-state index in [1.165, 1.54) is 0 Å². The zero-order valence-corrected chi connectivity index (χ0v) is 14.3. The number of aliphatic hydroxyl groups excluding tert-OH is 1. The van der Waals surface area contributed by atoms with Gasteiger partial charge in [-0.3, -0.25) is 4.57 Å². The number of aliphatic imine (C=N–C) groups is 1. The van der Waals surface area contributed by atoms with Gasteiger partial charge in [0, 0.05) is 22.2 Å². The van der Waals surface area contributed by atoms with Gasteiger partial charge < -0.3 is 5.11 Å². The smallest absolute Gasteiger partial charge is 0.205 e. The maximum atomic E-state index is 10.6. The summed E-state index contributed by atoms with van der Waals surface area (Å²) in [6, 6.07) is 16.3. The highest BCUT2D eigenvalue weighted by molar-refractivity contribution is 7.98. The number of aliphatic hydroxyl groups is 1. The molecular weight excluding hydrogens is 318 g/mol. The number of fused-ring (bicyclic) bond motifs is 3. The summed E-state index contributed by atoms with van der Waals surface area (Å²) in [6.07, 6.45) is 3.01. The standard InChI is InChI=1S/C19H17N3OS/c1-12-11-22-16-9-8-14(24-2)10-15(16)17(13-6-4-3-5-7-13)21-19(23)18(22)20-12/h3-11,19,23H,1-2H3. The first kappa shape index (κ1) is 15.2. The van der Waals surface area contributed by atoms with E-state index in [9.17, 15) is 5.11 Å². The summed E-state index contributed by atoms with van der Waals surface area (Å²) < 4.78 is 1.94. The summed E-state index contributed by atoms with van der Waals surface area (Å²) in [7, 11) is 0. The lowest BCUT2D eigenvalue weighted by Gasteiger charge is -2.13. The molecular formula is C19H17N3OS. The molecule has 0 saturated carbocycles. The number of benzene rings is 2. The second kappa shape index (κ2) is 5.92. The molecule has 24 heavy (non-hydrogen) atoms. The molecule has 1 aromatic heterocycles. The number of thioether (sulfide) groups is 1. The molecule has 1 aliphatic heterocycles. The van der Waals surface area contributed by atoms with Crippen molar-refractivity contribution in [2.45, 2.75) is 18.0 Å². The minimum Gasteiger partial charge on any atom is -0.365 e. The second-order valence-corrected chi connectivity index (χ2v) is 6.59. The van der Waals surface area contributed by atoms with Gasteiger partial charge in [0.15, 0.2) is 5.82 Å². The molecule has 0 saturated heterocycles. The maximum Gasteiger partial charge on any atom is 0.205 e. The van der Waals surface area contributed by atoms with Crippen LogP contribution < -0.4 is 0 Å². The number of aryl methyl sites for hydroxylation is 1. The number of imidazole rings is 1. The first-order valence-corrected chi connectivity index (χ1v) is 8.96. The van der Waals surface area contributed by atoms with Gasteiger partial charge in [-0.2, -0.15) is 0 Å². The molecule has 1 aliphatic rings.